The standard InChI is InChI=1S/C17H15Br2NO/c18-14-6-4-13(5-7-14)17(8-9-17)16(21)20-11-12-2-1-3-15(19)10-12/h1-7,10H,8-9,11H2,(H,20,21). The molecule has 3 rings (SSSR count). The minimum atomic E-state index is -0.313. The maximum Gasteiger partial charge on any atom is 0.230 e. The highest BCUT2D eigenvalue weighted by Gasteiger charge is 2.50. The average molecular weight is 409 g/mol. The highest BCUT2D eigenvalue weighted by atomic mass is 79.9. The summed E-state index contributed by atoms with van der Waals surface area (Å²) in [6, 6.07) is 16.1. The molecule has 0 saturated heterocycles. The molecule has 0 heterocycles. The van der Waals surface area contributed by atoms with Crippen LogP contribution in [0.5, 0.6) is 0 Å². The molecule has 1 N–H and O–H groups in total. The fourth-order valence-electron chi connectivity index (χ4n) is 2.54. The molecule has 0 atom stereocenters. The van der Waals surface area contributed by atoms with Crippen LogP contribution >= 0.6 is 31.9 Å². The van der Waals surface area contributed by atoms with Gasteiger partial charge in [0.05, 0.1) is 5.41 Å². The van der Waals surface area contributed by atoms with E-state index in [1.807, 2.05) is 48.5 Å². The van der Waals surface area contributed by atoms with E-state index in [0.29, 0.717) is 6.54 Å². The van der Waals surface area contributed by atoms with Crippen molar-refractivity contribution in [3.63, 3.8) is 0 Å². The summed E-state index contributed by atoms with van der Waals surface area (Å²) in [5.74, 6) is 0.129. The fourth-order valence-corrected chi connectivity index (χ4v) is 3.25. The first-order valence-corrected chi connectivity index (χ1v) is 8.48. The lowest BCUT2D eigenvalue weighted by Gasteiger charge is -2.16. The highest BCUT2D eigenvalue weighted by Crippen LogP contribution is 2.48. The van der Waals surface area contributed by atoms with Gasteiger partial charge in [-0.2, -0.15) is 0 Å². The summed E-state index contributed by atoms with van der Waals surface area (Å²) in [5, 5.41) is 3.07. The van der Waals surface area contributed by atoms with Crippen molar-refractivity contribution in [1.82, 2.24) is 5.32 Å². The molecule has 0 aliphatic heterocycles. The van der Waals surface area contributed by atoms with Gasteiger partial charge in [-0.05, 0) is 48.2 Å². The molecule has 2 nitrogen and oxygen atoms in total. The number of hydrogen-bond acceptors (Lipinski definition) is 1. The van der Waals surface area contributed by atoms with Gasteiger partial charge in [0.15, 0.2) is 0 Å². The van der Waals surface area contributed by atoms with Crippen molar-refractivity contribution in [2.45, 2.75) is 24.8 Å². The van der Waals surface area contributed by atoms with Gasteiger partial charge in [-0.1, -0.05) is 56.1 Å². The van der Waals surface area contributed by atoms with Crippen LogP contribution in [0, 0.1) is 0 Å². The van der Waals surface area contributed by atoms with Crippen LogP contribution in [-0.4, -0.2) is 5.91 Å². The molecular formula is C17H15Br2NO. The summed E-state index contributed by atoms with van der Waals surface area (Å²) in [6.07, 6.45) is 1.86. The maximum absolute atomic E-state index is 12.5. The van der Waals surface area contributed by atoms with Gasteiger partial charge in [0.25, 0.3) is 0 Å². The first-order valence-electron chi connectivity index (χ1n) is 6.89. The number of hydrogen-bond donors (Lipinski definition) is 1. The van der Waals surface area contributed by atoms with Crippen molar-refractivity contribution in [3.8, 4) is 0 Å². The smallest absolute Gasteiger partial charge is 0.230 e. The van der Waals surface area contributed by atoms with E-state index in [9.17, 15) is 4.79 Å². The number of amides is 1. The second-order valence-electron chi connectivity index (χ2n) is 5.40. The van der Waals surface area contributed by atoms with Gasteiger partial charge >= 0.3 is 0 Å². The SMILES string of the molecule is O=C(NCc1cccc(Br)c1)C1(c2ccc(Br)cc2)CC1. The molecule has 4 heteroatoms. The molecule has 0 radical (unpaired) electrons. The van der Waals surface area contributed by atoms with Crippen LogP contribution in [-0.2, 0) is 16.8 Å². The lowest BCUT2D eigenvalue weighted by atomic mass is 9.95. The molecule has 21 heavy (non-hydrogen) atoms. The second-order valence-corrected chi connectivity index (χ2v) is 7.23. The summed E-state index contributed by atoms with van der Waals surface area (Å²) in [6.45, 7) is 0.566. The normalized spacial score (nSPS) is 15.5. The molecule has 0 bridgehead atoms. The molecule has 1 aliphatic carbocycles. The third-order valence-electron chi connectivity index (χ3n) is 3.92. The Hall–Kier alpha value is -1.13. The van der Waals surface area contributed by atoms with E-state index in [2.05, 4.69) is 37.2 Å². The minimum Gasteiger partial charge on any atom is -0.351 e. The molecule has 1 aliphatic rings. The third kappa shape index (κ3) is 3.22. The van der Waals surface area contributed by atoms with E-state index in [-0.39, 0.29) is 11.3 Å². The largest absolute Gasteiger partial charge is 0.351 e. The summed E-state index contributed by atoms with van der Waals surface area (Å²) >= 11 is 6.88. The number of halogens is 2. The van der Waals surface area contributed by atoms with Gasteiger partial charge < -0.3 is 5.32 Å². The van der Waals surface area contributed by atoms with Crippen LogP contribution in [0.1, 0.15) is 24.0 Å². The maximum atomic E-state index is 12.5. The Morgan fingerprint density at radius 2 is 1.76 bits per heavy atom. The fraction of sp³-hybridized carbons (Fsp3) is 0.235. The zero-order valence-corrected chi connectivity index (χ0v) is 14.6. The second kappa shape index (κ2) is 5.93. The molecule has 0 aromatic heterocycles. The van der Waals surface area contributed by atoms with Gasteiger partial charge in [0.1, 0.15) is 0 Å². The molecule has 1 fully saturated rings. The van der Waals surface area contributed by atoms with Gasteiger partial charge in [0.2, 0.25) is 5.91 Å². The molecule has 0 spiro atoms. The molecule has 108 valence electrons. The number of rotatable bonds is 4. The molecule has 2 aromatic rings. The monoisotopic (exact) mass is 407 g/mol. The summed E-state index contributed by atoms with van der Waals surface area (Å²) < 4.78 is 2.07. The Morgan fingerprint density at radius 1 is 1.05 bits per heavy atom. The number of carbonyl (C=O) groups is 1. The molecule has 2 aromatic carbocycles. The van der Waals surface area contributed by atoms with E-state index in [0.717, 1.165) is 32.9 Å². The molecule has 1 saturated carbocycles. The van der Waals surface area contributed by atoms with E-state index >= 15 is 0 Å². The van der Waals surface area contributed by atoms with Gasteiger partial charge in [-0.3, -0.25) is 4.79 Å². The van der Waals surface area contributed by atoms with Gasteiger partial charge in [-0.25, -0.2) is 0 Å². The quantitative estimate of drug-likeness (QED) is 0.789. The highest BCUT2D eigenvalue weighted by molar-refractivity contribution is 9.10. The van der Waals surface area contributed by atoms with E-state index < -0.39 is 0 Å². The Balaban J connectivity index is 1.69. The van der Waals surface area contributed by atoms with Crippen molar-refractivity contribution >= 4 is 37.8 Å². The predicted molar refractivity (Wildman–Crippen MR) is 91.0 cm³/mol. The first kappa shape index (κ1) is 14.8. The van der Waals surface area contributed by atoms with Crippen molar-refractivity contribution in [2.24, 2.45) is 0 Å². The molecule has 0 unspecified atom stereocenters. The van der Waals surface area contributed by atoms with Crippen molar-refractivity contribution < 1.29 is 4.79 Å². The van der Waals surface area contributed by atoms with E-state index in [1.54, 1.807) is 0 Å². The van der Waals surface area contributed by atoms with Crippen molar-refractivity contribution in [1.29, 1.82) is 0 Å². The lowest BCUT2D eigenvalue weighted by molar-refractivity contribution is -0.123. The van der Waals surface area contributed by atoms with Crippen LogP contribution in [0.3, 0.4) is 0 Å². The number of nitrogens with one attached hydrogen (secondary N) is 1. The summed E-state index contributed by atoms with van der Waals surface area (Å²) in [4.78, 5) is 12.5. The average Bonchev–Trinajstić information content (AvgIpc) is 3.27. The molecule has 1 amide bonds. The zero-order chi connectivity index (χ0) is 14.9. The third-order valence-corrected chi connectivity index (χ3v) is 4.95. The Kier molecular flexibility index (Phi) is 4.18. The van der Waals surface area contributed by atoms with Crippen molar-refractivity contribution in [2.75, 3.05) is 0 Å². The van der Waals surface area contributed by atoms with Gasteiger partial charge in [-0.15, -0.1) is 0 Å². The number of benzene rings is 2. The van der Waals surface area contributed by atoms with Crippen LogP contribution in [0.2, 0.25) is 0 Å². The Labute approximate surface area is 141 Å². The topological polar surface area (TPSA) is 29.1 Å². The van der Waals surface area contributed by atoms with Crippen LogP contribution in [0.15, 0.2) is 57.5 Å². The van der Waals surface area contributed by atoms with E-state index in [4.69, 9.17) is 0 Å². The Bertz CT molecular complexity index is 663. The number of carbonyl (C=O) groups excluding carboxylic acids is 1. The van der Waals surface area contributed by atoms with Crippen LogP contribution in [0.25, 0.3) is 0 Å². The minimum absolute atomic E-state index is 0.129. The Morgan fingerprint density at radius 3 is 2.38 bits per heavy atom. The van der Waals surface area contributed by atoms with Gasteiger partial charge in [0, 0.05) is 15.5 Å². The van der Waals surface area contributed by atoms with Crippen molar-refractivity contribution in [3.05, 3.63) is 68.6 Å². The zero-order valence-electron chi connectivity index (χ0n) is 11.4. The summed E-state index contributed by atoms with van der Waals surface area (Å²) in [7, 11) is 0. The van der Waals surface area contributed by atoms with E-state index in [1.165, 1.54) is 0 Å². The predicted octanol–water partition coefficient (Wildman–Crippen LogP) is 4.56. The summed E-state index contributed by atoms with van der Waals surface area (Å²) in [5.41, 5.74) is 1.90. The first-order chi connectivity index (χ1) is 10.1. The molecular weight excluding hydrogens is 394 g/mol. The van der Waals surface area contributed by atoms with Crippen LogP contribution < -0.4 is 5.32 Å². The van der Waals surface area contributed by atoms with Crippen LogP contribution in [0.4, 0.5) is 0 Å². The lowest BCUT2D eigenvalue weighted by Crippen LogP contribution is -2.34.